The molecule has 0 bridgehead atoms. The molecule has 0 aromatic heterocycles. The molecule has 3 nitrogen and oxygen atoms in total. The highest BCUT2D eigenvalue weighted by molar-refractivity contribution is 6.30. The fraction of sp³-hybridized carbons (Fsp3) is 0.417. The molecular formula is C12H17ClFN3. The van der Waals surface area contributed by atoms with Crippen LogP contribution < -0.4 is 5.73 Å². The number of hydrogen-bond donors (Lipinski definition) is 2. The van der Waals surface area contributed by atoms with E-state index in [-0.39, 0.29) is 17.7 Å². The normalized spacial score (nSPS) is 12.8. The largest absolute Gasteiger partial charge is 0.388 e. The second kappa shape index (κ2) is 5.98. The van der Waals surface area contributed by atoms with E-state index in [4.69, 9.17) is 22.7 Å². The van der Waals surface area contributed by atoms with E-state index in [1.165, 1.54) is 12.1 Å². The Hall–Kier alpha value is -1.13. The van der Waals surface area contributed by atoms with Crippen LogP contribution in [0.4, 0.5) is 4.39 Å². The van der Waals surface area contributed by atoms with Crippen molar-refractivity contribution in [2.45, 2.75) is 25.9 Å². The first-order chi connectivity index (χ1) is 7.90. The van der Waals surface area contributed by atoms with Crippen molar-refractivity contribution in [2.75, 3.05) is 7.05 Å². The number of halogens is 2. The minimum Gasteiger partial charge on any atom is -0.388 e. The summed E-state index contributed by atoms with van der Waals surface area (Å²) in [5.74, 6) is -0.132. The van der Waals surface area contributed by atoms with Crippen LogP contribution >= 0.6 is 11.6 Å². The van der Waals surface area contributed by atoms with E-state index in [2.05, 4.69) is 0 Å². The quantitative estimate of drug-likeness (QED) is 0.629. The van der Waals surface area contributed by atoms with Gasteiger partial charge in [-0.05, 0) is 32.2 Å². The Kier molecular flexibility index (Phi) is 4.90. The molecule has 17 heavy (non-hydrogen) atoms. The molecule has 94 valence electrons. The smallest absolute Gasteiger partial charge is 0.127 e. The predicted octanol–water partition coefficient (Wildman–Crippen LogP) is 2.63. The molecule has 0 saturated heterocycles. The van der Waals surface area contributed by atoms with Crippen molar-refractivity contribution in [2.24, 2.45) is 5.73 Å². The van der Waals surface area contributed by atoms with Crippen LogP contribution in [0, 0.1) is 11.2 Å². The van der Waals surface area contributed by atoms with Crippen LogP contribution in [0.5, 0.6) is 0 Å². The van der Waals surface area contributed by atoms with E-state index in [0.29, 0.717) is 23.6 Å². The minimum atomic E-state index is -0.267. The zero-order valence-electron chi connectivity index (χ0n) is 10.0. The van der Waals surface area contributed by atoms with Crippen LogP contribution in [-0.2, 0) is 6.54 Å². The minimum absolute atomic E-state index is 0.0888. The van der Waals surface area contributed by atoms with Crippen LogP contribution in [-0.4, -0.2) is 23.8 Å². The highest BCUT2D eigenvalue weighted by Crippen LogP contribution is 2.17. The zero-order valence-corrected chi connectivity index (χ0v) is 10.8. The van der Waals surface area contributed by atoms with Gasteiger partial charge < -0.3 is 5.73 Å². The highest BCUT2D eigenvalue weighted by atomic mass is 35.5. The van der Waals surface area contributed by atoms with Crippen molar-refractivity contribution < 1.29 is 4.39 Å². The molecule has 0 spiro atoms. The Bertz CT molecular complexity index is 409. The van der Waals surface area contributed by atoms with Gasteiger partial charge >= 0.3 is 0 Å². The molecule has 0 amide bonds. The maximum atomic E-state index is 13.5. The Morgan fingerprint density at radius 3 is 2.82 bits per heavy atom. The van der Waals surface area contributed by atoms with Crippen LogP contribution in [0.25, 0.3) is 0 Å². The number of nitrogens with zero attached hydrogens (tertiary/aromatic N) is 1. The predicted molar refractivity (Wildman–Crippen MR) is 68.9 cm³/mol. The molecule has 0 heterocycles. The van der Waals surface area contributed by atoms with Gasteiger partial charge in [-0.15, -0.1) is 0 Å². The molecule has 0 aliphatic heterocycles. The van der Waals surface area contributed by atoms with E-state index >= 15 is 0 Å². The van der Waals surface area contributed by atoms with Gasteiger partial charge in [-0.25, -0.2) is 4.39 Å². The van der Waals surface area contributed by atoms with Gasteiger partial charge in [0.05, 0.1) is 5.84 Å². The van der Waals surface area contributed by atoms with Gasteiger partial charge in [0, 0.05) is 29.6 Å². The van der Waals surface area contributed by atoms with Crippen molar-refractivity contribution in [3.8, 4) is 0 Å². The van der Waals surface area contributed by atoms with Gasteiger partial charge in [-0.3, -0.25) is 10.3 Å². The first-order valence-electron chi connectivity index (χ1n) is 5.37. The fourth-order valence-corrected chi connectivity index (χ4v) is 1.76. The summed E-state index contributed by atoms with van der Waals surface area (Å²) in [6, 6.07) is 4.60. The molecule has 0 radical (unpaired) electrons. The summed E-state index contributed by atoms with van der Waals surface area (Å²) in [5, 5.41) is 7.75. The Labute approximate surface area is 106 Å². The van der Waals surface area contributed by atoms with Gasteiger partial charge in [-0.2, -0.15) is 0 Å². The maximum Gasteiger partial charge on any atom is 0.127 e. The summed E-state index contributed by atoms with van der Waals surface area (Å²) < 4.78 is 13.5. The zero-order chi connectivity index (χ0) is 13.0. The Morgan fingerprint density at radius 1 is 1.59 bits per heavy atom. The number of amidine groups is 1. The van der Waals surface area contributed by atoms with Gasteiger partial charge in [0.25, 0.3) is 0 Å². The molecule has 0 aliphatic rings. The van der Waals surface area contributed by atoms with E-state index in [1.54, 1.807) is 6.07 Å². The molecular weight excluding hydrogens is 241 g/mol. The van der Waals surface area contributed by atoms with Crippen LogP contribution in [0.3, 0.4) is 0 Å². The third-order valence-electron chi connectivity index (χ3n) is 2.70. The third-order valence-corrected chi connectivity index (χ3v) is 2.93. The molecule has 3 N–H and O–H groups in total. The maximum absolute atomic E-state index is 13.5. The van der Waals surface area contributed by atoms with Crippen molar-refractivity contribution in [3.05, 3.63) is 34.6 Å². The van der Waals surface area contributed by atoms with Gasteiger partial charge in [0.15, 0.2) is 0 Å². The number of rotatable bonds is 5. The van der Waals surface area contributed by atoms with Crippen molar-refractivity contribution >= 4 is 17.4 Å². The summed E-state index contributed by atoms with van der Waals surface area (Å²) >= 11 is 5.82. The van der Waals surface area contributed by atoms with Gasteiger partial charge in [-0.1, -0.05) is 11.6 Å². The molecule has 0 aliphatic carbocycles. The number of hydrogen-bond acceptors (Lipinski definition) is 2. The first kappa shape index (κ1) is 13.9. The molecule has 1 aromatic rings. The lowest BCUT2D eigenvalue weighted by Crippen LogP contribution is -2.32. The highest BCUT2D eigenvalue weighted by Gasteiger charge is 2.13. The number of nitrogens with one attached hydrogen (secondary N) is 1. The van der Waals surface area contributed by atoms with Gasteiger partial charge in [0.2, 0.25) is 0 Å². The van der Waals surface area contributed by atoms with E-state index in [1.807, 2.05) is 18.9 Å². The summed E-state index contributed by atoms with van der Waals surface area (Å²) in [5.41, 5.74) is 5.89. The molecule has 5 heteroatoms. The van der Waals surface area contributed by atoms with Crippen molar-refractivity contribution in [3.63, 3.8) is 0 Å². The number of nitrogens with two attached hydrogens (primary N) is 1. The lowest BCUT2D eigenvalue weighted by Gasteiger charge is -2.24. The monoisotopic (exact) mass is 257 g/mol. The standard InChI is InChI=1S/C12H17ClFN3/c1-8(5-12(15)16)17(2)7-9-6-10(13)3-4-11(9)14/h3-4,6,8H,5,7H2,1-2H3,(H3,15,16). The summed E-state index contributed by atoms with van der Waals surface area (Å²) in [6.07, 6.45) is 0.471. The molecule has 1 atom stereocenters. The summed E-state index contributed by atoms with van der Waals surface area (Å²) in [7, 11) is 1.87. The summed E-state index contributed by atoms with van der Waals surface area (Å²) in [6.45, 7) is 2.39. The average Bonchev–Trinajstić information content (AvgIpc) is 2.22. The van der Waals surface area contributed by atoms with E-state index < -0.39 is 0 Å². The topological polar surface area (TPSA) is 53.1 Å². The molecule has 1 unspecified atom stereocenters. The molecule has 0 saturated carbocycles. The van der Waals surface area contributed by atoms with Crippen molar-refractivity contribution in [1.29, 1.82) is 5.41 Å². The Morgan fingerprint density at radius 2 is 2.24 bits per heavy atom. The van der Waals surface area contributed by atoms with Crippen LogP contribution in [0.15, 0.2) is 18.2 Å². The third kappa shape index (κ3) is 4.32. The summed E-state index contributed by atoms with van der Waals surface area (Å²) in [4.78, 5) is 1.94. The molecule has 0 fully saturated rings. The molecule has 1 rings (SSSR count). The number of benzene rings is 1. The SMILES string of the molecule is CC(CC(=N)N)N(C)Cc1cc(Cl)ccc1F. The van der Waals surface area contributed by atoms with Crippen molar-refractivity contribution in [1.82, 2.24) is 4.90 Å². The second-order valence-electron chi connectivity index (χ2n) is 4.23. The van der Waals surface area contributed by atoms with Gasteiger partial charge in [0.1, 0.15) is 5.82 Å². The average molecular weight is 258 g/mol. The van der Waals surface area contributed by atoms with E-state index in [0.717, 1.165) is 0 Å². The lowest BCUT2D eigenvalue weighted by atomic mass is 10.1. The molecule has 1 aromatic carbocycles. The van der Waals surface area contributed by atoms with E-state index in [9.17, 15) is 4.39 Å². The first-order valence-corrected chi connectivity index (χ1v) is 5.75. The second-order valence-corrected chi connectivity index (χ2v) is 4.67. The Balaban J connectivity index is 2.70. The fourth-order valence-electron chi connectivity index (χ4n) is 1.56. The van der Waals surface area contributed by atoms with Crippen LogP contribution in [0.2, 0.25) is 5.02 Å². The lowest BCUT2D eigenvalue weighted by molar-refractivity contribution is 0.251. The van der Waals surface area contributed by atoms with Crippen LogP contribution in [0.1, 0.15) is 18.9 Å².